The van der Waals surface area contributed by atoms with Crippen LogP contribution in [-0.4, -0.2) is 27.3 Å². The molecule has 0 aliphatic carbocycles. The Balaban J connectivity index is 2.08. The molecule has 0 unspecified atom stereocenters. The van der Waals surface area contributed by atoms with Crippen molar-refractivity contribution in [2.24, 2.45) is 0 Å². The molecule has 1 heterocycles. The molecule has 198 valence electrons. The average Bonchev–Trinajstić information content (AvgIpc) is 2.89. The lowest BCUT2D eigenvalue weighted by Gasteiger charge is -2.19. The molecule has 0 spiro atoms. The van der Waals surface area contributed by atoms with Gasteiger partial charge < -0.3 is 19.7 Å². The molecule has 0 aliphatic heterocycles. The van der Waals surface area contributed by atoms with Crippen LogP contribution in [0.1, 0.15) is 22.3 Å². The van der Waals surface area contributed by atoms with Crippen molar-refractivity contribution >= 4 is 103 Å². The first-order valence-electron chi connectivity index (χ1n) is 11.1. The van der Waals surface area contributed by atoms with Gasteiger partial charge in [0.05, 0.1) is 25.7 Å². The summed E-state index contributed by atoms with van der Waals surface area (Å²) in [6.07, 6.45) is -0.419. The summed E-state index contributed by atoms with van der Waals surface area (Å²) in [4.78, 5) is 35.7. The monoisotopic (exact) mass is 624 g/mol. The van der Waals surface area contributed by atoms with Crippen LogP contribution in [0.15, 0.2) is 45.6 Å². The third-order valence-electron chi connectivity index (χ3n) is 6.30. The number of aryl methyl sites for hydroxylation is 1. The number of rotatable bonds is 5. The fourth-order valence-electron chi connectivity index (χ4n) is 4.56. The number of carboxylic acids is 2. The molecule has 0 bridgehead atoms. The summed E-state index contributed by atoms with van der Waals surface area (Å²) in [7, 11) is 0. The highest BCUT2D eigenvalue weighted by atomic mass is 35.5. The predicted octanol–water partition coefficient (Wildman–Crippen LogP) is 8.45. The number of phenolic OH excluding ortho intramolecular Hbond substituents is 1. The van der Waals surface area contributed by atoms with Gasteiger partial charge in [-0.1, -0.05) is 64.1 Å². The largest absolute Gasteiger partial charge is 0.506 e. The molecule has 0 atom stereocenters. The normalized spacial score (nSPS) is 11.5. The van der Waals surface area contributed by atoms with Crippen LogP contribution in [0.3, 0.4) is 0 Å². The van der Waals surface area contributed by atoms with E-state index in [1.807, 2.05) is 0 Å². The molecular weight excluding hydrogens is 614 g/mol. The summed E-state index contributed by atoms with van der Waals surface area (Å²) < 4.78 is 6.19. The van der Waals surface area contributed by atoms with Gasteiger partial charge in [-0.15, -0.1) is 0 Å². The summed E-state index contributed by atoms with van der Waals surface area (Å²) in [5.74, 6) is -2.96. The maximum Gasteiger partial charge on any atom is 0.337 e. The fraction of sp³-hybridized carbons (Fsp3) is 0.0741. The molecule has 0 radical (unpaired) electrons. The number of aromatic carboxylic acids is 1. The van der Waals surface area contributed by atoms with E-state index in [0.717, 1.165) is 0 Å². The number of hydrogen-bond donors (Lipinski definition) is 3. The predicted molar refractivity (Wildman–Crippen MR) is 153 cm³/mol. The number of aliphatic carboxylic acids is 1. The summed E-state index contributed by atoms with van der Waals surface area (Å²) >= 11 is 32.1. The van der Waals surface area contributed by atoms with E-state index in [1.54, 1.807) is 12.1 Å². The minimum absolute atomic E-state index is 0.0518. The van der Waals surface area contributed by atoms with Gasteiger partial charge in [0.15, 0.2) is 11.0 Å². The smallest absolute Gasteiger partial charge is 0.337 e. The van der Waals surface area contributed by atoms with Gasteiger partial charge in [0.2, 0.25) is 0 Å². The Morgan fingerprint density at radius 1 is 0.744 bits per heavy atom. The van der Waals surface area contributed by atoms with Crippen molar-refractivity contribution in [3.63, 3.8) is 0 Å². The van der Waals surface area contributed by atoms with Crippen molar-refractivity contribution in [1.82, 2.24) is 0 Å². The molecular formula is C27H13Cl5O7. The van der Waals surface area contributed by atoms with E-state index in [4.69, 9.17) is 62.4 Å². The number of carbonyl (C=O) groups is 2. The van der Waals surface area contributed by atoms with Crippen LogP contribution in [0.5, 0.6) is 5.75 Å². The SMILES string of the molecule is O=C(O)CCc1cc2c(-c3c(Cl)c(Cl)c(Cl)c(Cl)c3C(=O)O)c3ccc4cc(=O)ccc4c3oc2c(Cl)c1O. The zero-order valence-corrected chi connectivity index (χ0v) is 23.0. The average molecular weight is 627 g/mol. The molecule has 5 rings (SSSR count). The minimum Gasteiger partial charge on any atom is -0.506 e. The van der Waals surface area contributed by atoms with Crippen LogP contribution < -0.4 is 5.43 Å². The molecule has 5 aromatic rings. The second-order valence-corrected chi connectivity index (χ2v) is 10.5. The van der Waals surface area contributed by atoms with Gasteiger partial charge in [-0.25, -0.2) is 4.79 Å². The maximum atomic E-state index is 12.5. The van der Waals surface area contributed by atoms with Gasteiger partial charge >= 0.3 is 11.9 Å². The first kappa shape index (κ1) is 27.4. The number of halogens is 5. The summed E-state index contributed by atoms with van der Waals surface area (Å²) in [6.45, 7) is 0. The number of hydrogen-bond acceptors (Lipinski definition) is 5. The molecule has 0 saturated carbocycles. The van der Waals surface area contributed by atoms with E-state index in [9.17, 15) is 29.7 Å². The van der Waals surface area contributed by atoms with Crippen molar-refractivity contribution in [3.8, 4) is 16.9 Å². The van der Waals surface area contributed by atoms with Gasteiger partial charge in [0, 0.05) is 33.7 Å². The number of benzene rings is 4. The first-order valence-corrected chi connectivity index (χ1v) is 13.0. The second-order valence-electron chi connectivity index (χ2n) is 8.58. The number of phenols is 1. The highest BCUT2D eigenvalue weighted by molar-refractivity contribution is 6.54. The van der Waals surface area contributed by atoms with Gasteiger partial charge in [-0.2, -0.15) is 0 Å². The van der Waals surface area contributed by atoms with Crippen molar-refractivity contribution < 1.29 is 29.3 Å². The van der Waals surface area contributed by atoms with Crippen molar-refractivity contribution in [1.29, 1.82) is 0 Å². The molecule has 3 N–H and O–H groups in total. The highest BCUT2D eigenvalue weighted by Gasteiger charge is 2.30. The van der Waals surface area contributed by atoms with Crippen molar-refractivity contribution in [3.05, 3.63) is 82.9 Å². The first-order chi connectivity index (χ1) is 18.4. The molecule has 39 heavy (non-hydrogen) atoms. The summed E-state index contributed by atoms with van der Waals surface area (Å²) in [5.41, 5.74) is -0.291. The Morgan fingerprint density at radius 3 is 2.08 bits per heavy atom. The van der Waals surface area contributed by atoms with Crippen LogP contribution in [0, 0.1) is 0 Å². The quantitative estimate of drug-likeness (QED) is 0.0774. The molecule has 0 amide bonds. The van der Waals surface area contributed by atoms with Crippen molar-refractivity contribution in [2.45, 2.75) is 12.8 Å². The third kappa shape index (κ3) is 4.44. The van der Waals surface area contributed by atoms with E-state index in [-0.39, 0.29) is 76.6 Å². The number of fused-ring (bicyclic) bond motifs is 4. The second kappa shape index (κ2) is 10.1. The molecule has 7 nitrogen and oxygen atoms in total. The number of carboxylic acid groups (broad SMARTS) is 2. The Kier molecular flexibility index (Phi) is 7.07. The molecule has 0 saturated heterocycles. The summed E-state index contributed by atoms with van der Waals surface area (Å²) in [6, 6.07) is 8.96. The molecule has 4 aromatic carbocycles. The zero-order valence-electron chi connectivity index (χ0n) is 19.2. The Bertz CT molecular complexity index is 1960. The topological polar surface area (TPSA) is 125 Å². The zero-order chi connectivity index (χ0) is 28.3. The van der Waals surface area contributed by atoms with Crippen LogP contribution in [0.2, 0.25) is 25.1 Å². The lowest BCUT2D eigenvalue weighted by molar-refractivity contribution is -0.136. The van der Waals surface area contributed by atoms with Crippen LogP contribution in [0.4, 0.5) is 0 Å². The van der Waals surface area contributed by atoms with E-state index >= 15 is 0 Å². The molecule has 1 aromatic heterocycles. The van der Waals surface area contributed by atoms with Gasteiger partial charge in [-0.3, -0.25) is 9.59 Å². The van der Waals surface area contributed by atoms with Gasteiger partial charge in [0.25, 0.3) is 0 Å². The maximum absolute atomic E-state index is 12.5. The van der Waals surface area contributed by atoms with Crippen LogP contribution in [0.25, 0.3) is 43.8 Å². The standard InChI is InChI=1S/C27H13Cl5O7/c28-19-17(18(27(37)38)20(29)22(31)21(19)30)16-13-4-1-9-7-11(33)3-5-12(9)25(13)39-26-14(16)8-10(2-6-15(34)35)24(36)23(26)32/h1,3-5,7-8,36H,2,6H2,(H,34,35)(H,37,38). The lowest BCUT2D eigenvalue weighted by atomic mass is 9.90. The van der Waals surface area contributed by atoms with E-state index in [0.29, 0.717) is 16.2 Å². The minimum atomic E-state index is -1.45. The van der Waals surface area contributed by atoms with Crippen molar-refractivity contribution in [2.75, 3.05) is 0 Å². The van der Waals surface area contributed by atoms with Gasteiger partial charge in [-0.05, 0) is 47.7 Å². The Labute approximate surface area is 243 Å². The van der Waals surface area contributed by atoms with E-state index in [1.165, 1.54) is 24.3 Å². The summed E-state index contributed by atoms with van der Waals surface area (Å²) in [5, 5.41) is 30.4. The van der Waals surface area contributed by atoms with Crippen LogP contribution in [-0.2, 0) is 11.2 Å². The lowest BCUT2D eigenvalue weighted by Crippen LogP contribution is -2.04. The highest BCUT2D eigenvalue weighted by Crippen LogP contribution is 2.51. The Morgan fingerprint density at radius 2 is 1.41 bits per heavy atom. The van der Waals surface area contributed by atoms with E-state index in [2.05, 4.69) is 0 Å². The van der Waals surface area contributed by atoms with Crippen LogP contribution >= 0.6 is 58.0 Å². The number of aromatic hydroxyl groups is 1. The third-order valence-corrected chi connectivity index (χ3v) is 8.45. The molecule has 0 aliphatic rings. The fourth-order valence-corrected chi connectivity index (χ4v) is 5.85. The van der Waals surface area contributed by atoms with Gasteiger partial charge in [0.1, 0.15) is 16.4 Å². The molecule has 12 heteroatoms. The Hall–Kier alpha value is -3.20. The van der Waals surface area contributed by atoms with E-state index < -0.39 is 23.3 Å². The molecule has 0 fully saturated rings.